The Morgan fingerprint density at radius 1 is 1.22 bits per heavy atom. The quantitative estimate of drug-likeness (QED) is 0.461. The highest BCUT2D eigenvalue weighted by atomic mass is 19.1. The molecule has 2 atom stereocenters. The number of carbonyl (C=O) groups excluding carboxylic acids is 1. The number of esters is 1. The lowest BCUT2D eigenvalue weighted by molar-refractivity contribution is -0.290. The van der Waals surface area contributed by atoms with Crippen molar-refractivity contribution in [3.63, 3.8) is 0 Å². The number of benzene rings is 1. The third-order valence-corrected chi connectivity index (χ3v) is 5.54. The topological polar surface area (TPSA) is 82.6 Å². The van der Waals surface area contributed by atoms with E-state index in [0.29, 0.717) is 18.1 Å². The Kier molecular flexibility index (Phi) is 8.52. The molecular formula is C28H38FN3O4. The summed E-state index contributed by atoms with van der Waals surface area (Å²) in [6.07, 6.45) is 3.92. The molecule has 1 saturated heterocycles. The minimum Gasteiger partial charge on any atom is -0.460 e. The van der Waals surface area contributed by atoms with Crippen LogP contribution < -0.4 is 5.32 Å². The summed E-state index contributed by atoms with van der Waals surface area (Å²) in [5, 5.41) is 3.02. The minimum absolute atomic E-state index is 0.117. The fourth-order valence-corrected chi connectivity index (χ4v) is 4.20. The number of nitrogens with zero attached hydrogens (tertiary/aromatic N) is 2. The number of anilines is 1. The molecule has 1 N–H and O–H groups in total. The number of aromatic nitrogens is 2. The van der Waals surface area contributed by atoms with Gasteiger partial charge < -0.3 is 19.5 Å². The smallest absolute Gasteiger partial charge is 0.308 e. The number of rotatable bonds is 7. The van der Waals surface area contributed by atoms with E-state index in [1.54, 1.807) is 19.2 Å². The lowest BCUT2D eigenvalue weighted by Crippen LogP contribution is -2.45. The fraction of sp³-hybridized carbons (Fsp3) is 0.536. The summed E-state index contributed by atoms with van der Waals surface area (Å²) in [6.45, 7) is 13.3. The first-order chi connectivity index (χ1) is 16.8. The number of carbonyl (C=O) groups is 1. The van der Waals surface area contributed by atoms with E-state index in [4.69, 9.17) is 24.2 Å². The molecule has 2 aromatic rings. The van der Waals surface area contributed by atoms with Crippen molar-refractivity contribution in [1.29, 1.82) is 0 Å². The number of halogens is 1. The van der Waals surface area contributed by atoms with Crippen molar-refractivity contribution in [3.8, 4) is 11.3 Å². The van der Waals surface area contributed by atoms with Crippen LogP contribution in [0.3, 0.4) is 0 Å². The lowest BCUT2D eigenvalue weighted by Gasteiger charge is -2.39. The monoisotopic (exact) mass is 499 g/mol. The van der Waals surface area contributed by atoms with Crippen molar-refractivity contribution in [2.75, 3.05) is 12.4 Å². The van der Waals surface area contributed by atoms with Gasteiger partial charge in [0.1, 0.15) is 11.4 Å². The minimum atomic E-state index is -0.868. The summed E-state index contributed by atoms with van der Waals surface area (Å²) in [6, 6.07) is 6.27. The summed E-state index contributed by atoms with van der Waals surface area (Å²) in [5.41, 5.74) is 2.63. The molecule has 0 saturated carbocycles. The SMILES string of the molecule is CNc1nc(-c2ccc(F)cc2)c(/C=C/C2CC(CC(=O)OC(C)(C)C)OC(C)(C)O2)c(C(C)C)n1. The van der Waals surface area contributed by atoms with Gasteiger partial charge in [-0.25, -0.2) is 14.4 Å². The van der Waals surface area contributed by atoms with Crippen LogP contribution in [0.2, 0.25) is 0 Å². The van der Waals surface area contributed by atoms with Crippen LogP contribution in [-0.4, -0.2) is 46.6 Å². The highest BCUT2D eigenvalue weighted by Crippen LogP contribution is 2.33. The van der Waals surface area contributed by atoms with Gasteiger partial charge in [0.05, 0.1) is 30.0 Å². The molecule has 8 heteroatoms. The Labute approximate surface area is 213 Å². The van der Waals surface area contributed by atoms with Gasteiger partial charge in [0.2, 0.25) is 5.95 Å². The standard InChI is InChI=1S/C28H38FN3O4/c1-17(2)24-22(25(32-26(30-8)31-24)18-9-11-19(29)12-10-18)14-13-20-15-21(35-28(6,7)34-20)16-23(33)36-27(3,4)5/h9-14,17,20-21H,15-16H2,1-8H3,(H,30,31,32)/b14-13+. The molecule has 1 aliphatic rings. The molecule has 1 aromatic heterocycles. The van der Waals surface area contributed by atoms with E-state index in [2.05, 4.69) is 19.2 Å². The van der Waals surface area contributed by atoms with Crippen LogP contribution in [0, 0.1) is 5.82 Å². The van der Waals surface area contributed by atoms with Crippen molar-refractivity contribution < 1.29 is 23.4 Å². The summed E-state index contributed by atoms with van der Waals surface area (Å²) < 4.78 is 31.3. The van der Waals surface area contributed by atoms with Crippen LogP contribution in [0.1, 0.15) is 78.5 Å². The summed E-state index contributed by atoms with van der Waals surface area (Å²) >= 11 is 0. The molecule has 36 heavy (non-hydrogen) atoms. The van der Waals surface area contributed by atoms with Crippen LogP contribution >= 0.6 is 0 Å². The van der Waals surface area contributed by atoms with Crippen molar-refractivity contribution in [2.24, 2.45) is 0 Å². The number of ether oxygens (including phenoxy) is 3. The second kappa shape index (κ2) is 11.0. The maximum absolute atomic E-state index is 13.6. The zero-order valence-electron chi connectivity index (χ0n) is 22.5. The first-order valence-corrected chi connectivity index (χ1v) is 12.4. The van der Waals surface area contributed by atoms with Crippen molar-refractivity contribution in [3.05, 3.63) is 47.4 Å². The molecule has 1 fully saturated rings. The van der Waals surface area contributed by atoms with Crippen molar-refractivity contribution in [2.45, 2.75) is 90.8 Å². The molecule has 0 aliphatic carbocycles. The Hall–Kier alpha value is -2.84. The van der Waals surface area contributed by atoms with Gasteiger partial charge in [-0.05, 0) is 64.8 Å². The Morgan fingerprint density at radius 3 is 2.47 bits per heavy atom. The molecule has 0 radical (unpaired) electrons. The molecule has 7 nitrogen and oxygen atoms in total. The van der Waals surface area contributed by atoms with Crippen LogP contribution in [0.4, 0.5) is 10.3 Å². The van der Waals surface area contributed by atoms with E-state index in [1.165, 1.54) is 12.1 Å². The maximum Gasteiger partial charge on any atom is 0.308 e. The van der Waals surface area contributed by atoms with E-state index in [1.807, 2.05) is 46.8 Å². The van der Waals surface area contributed by atoms with Gasteiger partial charge in [0.15, 0.2) is 5.79 Å². The summed E-state index contributed by atoms with van der Waals surface area (Å²) in [7, 11) is 1.77. The van der Waals surface area contributed by atoms with Gasteiger partial charge in [-0.1, -0.05) is 26.0 Å². The molecule has 1 aromatic carbocycles. The second-order valence-corrected chi connectivity index (χ2v) is 10.8. The third-order valence-electron chi connectivity index (χ3n) is 5.54. The van der Waals surface area contributed by atoms with Gasteiger partial charge in [-0.15, -0.1) is 0 Å². The van der Waals surface area contributed by atoms with Crippen LogP contribution in [0.15, 0.2) is 30.3 Å². The maximum atomic E-state index is 13.6. The van der Waals surface area contributed by atoms with Gasteiger partial charge in [-0.3, -0.25) is 4.79 Å². The lowest BCUT2D eigenvalue weighted by atomic mass is 9.97. The molecule has 3 rings (SSSR count). The van der Waals surface area contributed by atoms with E-state index in [9.17, 15) is 9.18 Å². The van der Waals surface area contributed by atoms with Crippen LogP contribution in [0.5, 0.6) is 0 Å². The summed E-state index contributed by atoms with van der Waals surface area (Å²) in [5.74, 6) is -0.865. The fourth-order valence-electron chi connectivity index (χ4n) is 4.20. The zero-order valence-corrected chi connectivity index (χ0v) is 22.5. The van der Waals surface area contributed by atoms with E-state index in [-0.39, 0.29) is 36.3 Å². The highest BCUT2D eigenvalue weighted by Gasteiger charge is 2.36. The predicted octanol–water partition coefficient (Wildman–Crippen LogP) is 6.10. The molecule has 0 amide bonds. The Balaban J connectivity index is 1.94. The Morgan fingerprint density at radius 2 is 1.89 bits per heavy atom. The molecule has 1 aliphatic heterocycles. The van der Waals surface area contributed by atoms with Crippen molar-refractivity contribution >= 4 is 18.0 Å². The molecule has 2 unspecified atom stereocenters. The van der Waals surface area contributed by atoms with Gasteiger partial charge in [-0.2, -0.15) is 0 Å². The molecule has 196 valence electrons. The highest BCUT2D eigenvalue weighted by molar-refractivity contribution is 5.75. The largest absolute Gasteiger partial charge is 0.460 e. The summed E-state index contributed by atoms with van der Waals surface area (Å²) in [4.78, 5) is 21.8. The van der Waals surface area contributed by atoms with Crippen molar-refractivity contribution in [1.82, 2.24) is 9.97 Å². The van der Waals surface area contributed by atoms with Gasteiger partial charge >= 0.3 is 5.97 Å². The first-order valence-electron chi connectivity index (χ1n) is 12.4. The van der Waals surface area contributed by atoms with E-state index < -0.39 is 11.4 Å². The number of hydrogen-bond acceptors (Lipinski definition) is 7. The average molecular weight is 500 g/mol. The molecule has 2 heterocycles. The van der Waals surface area contributed by atoms with Gasteiger partial charge in [0.25, 0.3) is 0 Å². The third kappa shape index (κ3) is 7.58. The number of hydrogen-bond donors (Lipinski definition) is 1. The zero-order chi connectivity index (χ0) is 26.7. The average Bonchev–Trinajstić information content (AvgIpc) is 2.75. The Bertz CT molecular complexity index is 1090. The molecular weight excluding hydrogens is 461 g/mol. The van der Waals surface area contributed by atoms with E-state index >= 15 is 0 Å². The predicted molar refractivity (Wildman–Crippen MR) is 139 cm³/mol. The van der Waals surface area contributed by atoms with Gasteiger partial charge in [0, 0.05) is 24.6 Å². The number of nitrogens with one attached hydrogen (secondary N) is 1. The van der Waals surface area contributed by atoms with Crippen LogP contribution in [-0.2, 0) is 19.0 Å². The first kappa shape index (κ1) is 27.7. The van der Waals surface area contributed by atoms with Crippen LogP contribution in [0.25, 0.3) is 17.3 Å². The van der Waals surface area contributed by atoms with E-state index in [0.717, 1.165) is 16.8 Å². The normalized spacial score (nSPS) is 20.1. The molecule has 0 spiro atoms. The second-order valence-electron chi connectivity index (χ2n) is 10.8. The molecule has 0 bridgehead atoms.